The summed E-state index contributed by atoms with van der Waals surface area (Å²) < 4.78 is 62.0. The first kappa shape index (κ1) is 27.3. The third kappa shape index (κ3) is 5.28. The number of aromatic amines is 1. The van der Waals surface area contributed by atoms with Crippen LogP contribution in [0.15, 0.2) is 29.3 Å². The van der Waals surface area contributed by atoms with Crippen LogP contribution in [0.5, 0.6) is 0 Å². The molecule has 2 aliphatic rings. The maximum absolute atomic E-state index is 15.2. The van der Waals surface area contributed by atoms with Crippen LogP contribution in [0.4, 0.5) is 32.1 Å². The van der Waals surface area contributed by atoms with Crippen molar-refractivity contribution in [2.75, 3.05) is 30.6 Å². The summed E-state index contributed by atoms with van der Waals surface area (Å²) in [6.45, 7) is 2.54. The van der Waals surface area contributed by atoms with E-state index in [2.05, 4.69) is 20.1 Å². The highest BCUT2D eigenvalue weighted by Crippen LogP contribution is 2.48. The summed E-state index contributed by atoms with van der Waals surface area (Å²) in [5, 5.41) is 10.4. The number of benzene rings is 1. The topological polar surface area (TPSA) is 131 Å². The van der Waals surface area contributed by atoms with Crippen LogP contribution in [0.2, 0.25) is 0 Å². The van der Waals surface area contributed by atoms with E-state index in [1.807, 2.05) is 19.2 Å². The predicted octanol–water partition coefficient (Wildman–Crippen LogP) is 4.40. The van der Waals surface area contributed by atoms with E-state index >= 15 is 8.78 Å². The van der Waals surface area contributed by atoms with Crippen LogP contribution in [0.3, 0.4) is 0 Å². The standard InChI is InChI=1S/C27H30F2N8O3S/c1-14-9-21(35-34-14)31-26-23(15-5-6-15)24(20-13-37-12-16(40-3)7-8-22(37)30-20)32-27(33-26)36(2)25-18(28)10-17(11-19(25)29)41(4,38)39/h9-11,13,15-16H,5-8,12H2,1-4H3,(H2,31,32,33,34,35). The molecular formula is C27H30F2N8O3S. The van der Waals surface area contributed by atoms with E-state index in [1.54, 1.807) is 7.11 Å². The molecule has 0 amide bonds. The van der Waals surface area contributed by atoms with Crippen LogP contribution in [0.1, 0.15) is 42.3 Å². The van der Waals surface area contributed by atoms with E-state index in [1.165, 1.54) is 11.9 Å². The molecule has 11 nitrogen and oxygen atoms in total. The van der Waals surface area contributed by atoms with Gasteiger partial charge in [0.2, 0.25) is 5.95 Å². The lowest BCUT2D eigenvalue weighted by molar-refractivity contribution is 0.0706. The van der Waals surface area contributed by atoms with Crippen LogP contribution in [-0.4, -0.2) is 64.7 Å². The summed E-state index contributed by atoms with van der Waals surface area (Å²) in [7, 11) is -0.695. The zero-order chi connectivity index (χ0) is 29.1. The molecule has 6 rings (SSSR count). The average molecular weight is 585 g/mol. The quantitative estimate of drug-likeness (QED) is 0.309. The van der Waals surface area contributed by atoms with Gasteiger partial charge in [0.25, 0.3) is 0 Å². The van der Waals surface area contributed by atoms with Gasteiger partial charge in [-0.2, -0.15) is 10.1 Å². The van der Waals surface area contributed by atoms with E-state index in [-0.39, 0.29) is 18.0 Å². The molecule has 0 saturated heterocycles. The lowest BCUT2D eigenvalue weighted by Gasteiger charge is -2.22. The normalized spacial score (nSPS) is 17.0. The Bertz CT molecular complexity index is 1730. The van der Waals surface area contributed by atoms with Crippen LogP contribution in [0, 0.1) is 18.6 Å². The molecule has 1 unspecified atom stereocenters. The minimum atomic E-state index is -3.82. The molecule has 14 heteroatoms. The largest absolute Gasteiger partial charge is 0.380 e. The van der Waals surface area contributed by atoms with Crippen molar-refractivity contribution in [3.05, 3.63) is 53.1 Å². The van der Waals surface area contributed by atoms with Gasteiger partial charge >= 0.3 is 0 Å². The Kier molecular flexibility index (Phi) is 6.77. The van der Waals surface area contributed by atoms with Gasteiger partial charge in [-0.3, -0.25) is 5.10 Å². The van der Waals surface area contributed by atoms with Gasteiger partial charge in [-0.1, -0.05) is 0 Å². The van der Waals surface area contributed by atoms with Gasteiger partial charge in [-0.15, -0.1) is 0 Å². The Labute approximate surface area is 235 Å². The highest BCUT2D eigenvalue weighted by molar-refractivity contribution is 7.90. The van der Waals surface area contributed by atoms with Crippen molar-refractivity contribution < 1.29 is 21.9 Å². The Morgan fingerprint density at radius 2 is 1.85 bits per heavy atom. The van der Waals surface area contributed by atoms with Crippen LogP contribution in [0.25, 0.3) is 11.4 Å². The number of methoxy groups -OCH3 is 1. The third-order valence-electron chi connectivity index (χ3n) is 7.45. The van der Waals surface area contributed by atoms with Crippen molar-refractivity contribution in [2.45, 2.75) is 56.1 Å². The SMILES string of the molecule is COC1CCc2nc(-c3nc(N(C)c4c(F)cc(S(C)(=O)=O)cc4F)nc(Nc4cc(C)[nH]n4)c3C3CC3)cn2C1. The second kappa shape index (κ2) is 10.2. The number of hydrogen-bond donors (Lipinski definition) is 2. The number of nitrogens with one attached hydrogen (secondary N) is 2. The number of anilines is 4. The van der Waals surface area contributed by atoms with E-state index < -0.39 is 32.1 Å². The highest BCUT2D eigenvalue weighted by atomic mass is 32.2. The number of nitrogens with zero attached hydrogens (tertiary/aromatic N) is 6. The fraction of sp³-hybridized carbons (Fsp3) is 0.407. The van der Waals surface area contributed by atoms with Gasteiger partial charge in [0, 0.05) is 50.4 Å². The van der Waals surface area contributed by atoms with Gasteiger partial charge in [0.1, 0.15) is 28.7 Å². The lowest BCUT2D eigenvalue weighted by Crippen LogP contribution is -2.25. The number of imidazole rings is 1. The van der Waals surface area contributed by atoms with Crippen molar-refractivity contribution in [1.29, 1.82) is 0 Å². The van der Waals surface area contributed by atoms with Crippen molar-refractivity contribution in [2.24, 2.45) is 0 Å². The maximum Gasteiger partial charge on any atom is 0.232 e. The summed E-state index contributed by atoms with van der Waals surface area (Å²) in [5.41, 5.74) is 2.41. The molecule has 1 aliphatic carbocycles. The number of halogens is 2. The third-order valence-corrected chi connectivity index (χ3v) is 8.54. The molecule has 41 heavy (non-hydrogen) atoms. The molecule has 0 radical (unpaired) electrons. The fourth-order valence-corrected chi connectivity index (χ4v) is 5.79. The molecule has 1 aliphatic heterocycles. The maximum atomic E-state index is 15.2. The fourth-order valence-electron chi connectivity index (χ4n) is 5.16. The molecule has 4 heterocycles. The van der Waals surface area contributed by atoms with Crippen LogP contribution in [-0.2, 0) is 27.5 Å². The Balaban J connectivity index is 1.51. The Morgan fingerprint density at radius 3 is 2.46 bits per heavy atom. The van der Waals surface area contributed by atoms with Gasteiger partial charge in [-0.25, -0.2) is 27.2 Å². The molecule has 1 atom stereocenters. The zero-order valence-electron chi connectivity index (χ0n) is 23.1. The first-order valence-corrected chi connectivity index (χ1v) is 15.1. The van der Waals surface area contributed by atoms with Crippen LogP contribution < -0.4 is 10.2 Å². The minimum absolute atomic E-state index is 0.00445. The number of ether oxygens (including phenoxy) is 1. The van der Waals surface area contributed by atoms with Gasteiger partial charge in [0.05, 0.1) is 17.5 Å². The van der Waals surface area contributed by atoms with Gasteiger partial charge in [-0.05, 0) is 44.2 Å². The lowest BCUT2D eigenvalue weighted by atomic mass is 10.1. The van der Waals surface area contributed by atoms with Crippen molar-refractivity contribution >= 4 is 33.1 Å². The number of aryl methyl sites for hydroxylation is 2. The monoisotopic (exact) mass is 584 g/mol. The summed E-state index contributed by atoms with van der Waals surface area (Å²) in [5.74, 6) is -0.0152. The number of H-pyrrole nitrogens is 1. The van der Waals surface area contributed by atoms with Crippen LogP contribution >= 0.6 is 0 Å². The average Bonchev–Trinajstić information content (AvgIpc) is 3.53. The molecule has 0 bridgehead atoms. The second-order valence-corrected chi connectivity index (χ2v) is 12.6. The van der Waals surface area contributed by atoms with Gasteiger partial charge in [0.15, 0.2) is 27.3 Å². The van der Waals surface area contributed by atoms with E-state index in [0.717, 1.165) is 61.2 Å². The van der Waals surface area contributed by atoms with Crippen molar-refractivity contribution in [1.82, 2.24) is 29.7 Å². The number of aromatic nitrogens is 6. The number of rotatable bonds is 8. The molecule has 1 aromatic carbocycles. The number of hydrogen-bond acceptors (Lipinski definition) is 9. The molecule has 216 valence electrons. The van der Waals surface area contributed by atoms with Crippen molar-refractivity contribution in [3.63, 3.8) is 0 Å². The predicted molar refractivity (Wildman–Crippen MR) is 148 cm³/mol. The van der Waals surface area contributed by atoms with E-state index in [9.17, 15) is 8.42 Å². The molecule has 4 aromatic rings. The summed E-state index contributed by atoms with van der Waals surface area (Å²) in [6, 6.07) is 3.42. The highest BCUT2D eigenvalue weighted by Gasteiger charge is 2.34. The molecular weight excluding hydrogens is 554 g/mol. The molecule has 2 N–H and O–H groups in total. The Morgan fingerprint density at radius 1 is 1.12 bits per heavy atom. The number of fused-ring (bicyclic) bond motifs is 1. The molecule has 1 fully saturated rings. The van der Waals surface area contributed by atoms with Crippen molar-refractivity contribution in [3.8, 4) is 11.4 Å². The molecule has 1 saturated carbocycles. The Hall–Kier alpha value is -3.91. The summed E-state index contributed by atoms with van der Waals surface area (Å²) in [4.78, 5) is 15.1. The first-order valence-electron chi connectivity index (χ1n) is 13.2. The van der Waals surface area contributed by atoms with E-state index in [4.69, 9.17) is 19.7 Å². The van der Waals surface area contributed by atoms with E-state index in [0.29, 0.717) is 29.6 Å². The zero-order valence-corrected chi connectivity index (χ0v) is 23.9. The summed E-state index contributed by atoms with van der Waals surface area (Å²) in [6.07, 6.45) is 6.39. The summed E-state index contributed by atoms with van der Waals surface area (Å²) >= 11 is 0. The smallest absolute Gasteiger partial charge is 0.232 e. The molecule has 0 spiro atoms. The second-order valence-electron chi connectivity index (χ2n) is 10.6. The van der Waals surface area contributed by atoms with Gasteiger partial charge < -0.3 is 19.5 Å². The first-order chi connectivity index (χ1) is 19.5. The minimum Gasteiger partial charge on any atom is -0.380 e. The number of sulfone groups is 1. The molecule has 3 aromatic heterocycles.